The Labute approximate surface area is 138 Å². The van der Waals surface area contributed by atoms with E-state index in [0.29, 0.717) is 6.42 Å². The van der Waals surface area contributed by atoms with Crippen LogP contribution in [-0.2, 0) is 14.3 Å². The summed E-state index contributed by atoms with van der Waals surface area (Å²) in [6.07, 6.45) is 4.03. The van der Waals surface area contributed by atoms with Crippen LogP contribution in [0.1, 0.15) is 23.2 Å². The number of aliphatic carboxylic acids is 1. The number of anilines is 1. The van der Waals surface area contributed by atoms with Gasteiger partial charge in [-0.1, -0.05) is 23.8 Å². The first kappa shape index (κ1) is 17.0. The third kappa shape index (κ3) is 3.90. The highest BCUT2D eigenvalue weighted by atomic mass is 35.5. The number of esters is 1. The summed E-state index contributed by atoms with van der Waals surface area (Å²) in [5, 5.41) is 14.0. The number of methoxy groups -OCH3 is 1. The van der Waals surface area contributed by atoms with Crippen LogP contribution in [0.2, 0.25) is 5.02 Å². The summed E-state index contributed by atoms with van der Waals surface area (Å²) in [5.74, 6) is -3.94. The number of hydrogen-bond donors (Lipinski definition) is 1. The molecule has 2 rings (SSSR count). The summed E-state index contributed by atoms with van der Waals surface area (Å²) >= 11 is 6.02. The quantitative estimate of drug-likeness (QED) is 0.662. The highest BCUT2D eigenvalue weighted by molar-refractivity contribution is 6.33. The number of carboxylic acid groups (broad SMARTS) is 1. The van der Waals surface area contributed by atoms with Crippen LogP contribution in [0.5, 0.6) is 0 Å². The van der Waals surface area contributed by atoms with Crippen molar-refractivity contribution in [1.29, 1.82) is 0 Å². The number of hydrogen-bond acceptors (Lipinski definition) is 5. The van der Waals surface area contributed by atoms with Gasteiger partial charge in [-0.2, -0.15) is 0 Å². The summed E-state index contributed by atoms with van der Waals surface area (Å²) in [7, 11) is 1.24. The van der Waals surface area contributed by atoms with E-state index in [1.54, 1.807) is 12.2 Å². The average molecular weight is 337 g/mol. The Kier molecular flexibility index (Phi) is 5.39. The first-order chi connectivity index (χ1) is 10.9. The molecule has 0 spiro atoms. The number of amides is 1. The van der Waals surface area contributed by atoms with Crippen molar-refractivity contribution < 1.29 is 24.2 Å². The second-order valence-corrected chi connectivity index (χ2v) is 5.56. The van der Waals surface area contributed by atoms with Gasteiger partial charge in [-0.3, -0.25) is 4.79 Å². The molecule has 0 aliphatic heterocycles. The van der Waals surface area contributed by atoms with Gasteiger partial charge in [0.1, 0.15) is 0 Å². The Balaban J connectivity index is 2.21. The van der Waals surface area contributed by atoms with Crippen molar-refractivity contribution in [3.63, 3.8) is 0 Å². The fraction of sp³-hybridized carbons (Fsp3) is 0.312. The molecule has 1 aromatic carbocycles. The number of halogens is 1. The molecular weight excluding hydrogens is 322 g/mol. The van der Waals surface area contributed by atoms with Crippen LogP contribution in [0.4, 0.5) is 5.69 Å². The fourth-order valence-electron chi connectivity index (χ4n) is 2.46. The first-order valence-corrected chi connectivity index (χ1v) is 7.36. The normalized spacial score (nSPS) is 19.9. The predicted molar refractivity (Wildman–Crippen MR) is 81.8 cm³/mol. The number of carbonyl (C=O) groups is 3. The minimum Gasteiger partial charge on any atom is -0.550 e. The van der Waals surface area contributed by atoms with Gasteiger partial charge in [-0.15, -0.1) is 0 Å². The molecule has 0 fully saturated rings. The number of carboxylic acids is 1. The SMILES string of the molecule is COC(=O)c1ccc(Cl)c(NC(=O)[C@@H]2CC=CC[C@H]2C(=O)[O-])c1. The largest absolute Gasteiger partial charge is 0.550 e. The maximum atomic E-state index is 12.4. The van der Waals surface area contributed by atoms with Gasteiger partial charge >= 0.3 is 5.97 Å². The first-order valence-electron chi connectivity index (χ1n) is 6.98. The minimum atomic E-state index is -1.26. The zero-order chi connectivity index (χ0) is 17.0. The summed E-state index contributed by atoms with van der Waals surface area (Å²) in [6.45, 7) is 0. The Morgan fingerprint density at radius 3 is 2.48 bits per heavy atom. The number of rotatable bonds is 4. The highest BCUT2D eigenvalue weighted by Crippen LogP contribution is 2.29. The van der Waals surface area contributed by atoms with Crippen molar-refractivity contribution in [1.82, 2.24) is 0 Å². The van der Waals surface area contributed by atoms with Gasteiger partial charge in [-0.05, 0) is 31.0 Å². The zero-order valence-corrected chi connectivity index (χ0v) is 13.1. The molecule has 6 nitrogen and oxygen atoms in total. The summed E-state index contributed by atoms with van der Waals surface area (Å²) in [5.41, 5.74) is 0.457. The van der Waals surface area contributed by atoms with Crippen molar-refractivity contribution in [2.24, 2.45) is 11.8 Å². The van der Waals surface area contributed by atoms with E-state index in [2.05, 4.69) is 10.1 Å². The Bertz CT molecular complexity index is 670. The number of nitrogens with one attached hydrogen (secondary N) is 1. The maximum absolute atomic E-state index is 12.4. The maximum Gasteiger partial charge on any atom is 0.337 e. The molecule has 1 N–H and O–H groups in total. The van der Waals surface area contributed by atoms with Crippen molar-refractivity contribution in [2.75, 3.05) is 12.4 Å². The third-order valence-corrected chi connectivity index (χ3v) is 4.05. The van der Waals surface area contributed by atoms with E-state index in [9.17, 15) is 19.5 Å². The molecule has 1 amide bonds. The van der Waals surface area contributed by atoms with Gasteiger partial charge in [-0.25, -0.2) is 4.79 Å². The number of benzene rings is 1. The Morgan fingerprint density at radius 2 is 1.87 bits per heavy atom. The second kappa shape index (κ2) is 7.28. The lowest BCUT2D eigenvalue weighted by molar-refractivity contribution is -0.313. The average Bonchev–Trinajstić information content (AvgIpc) is 2.56. The van der Waals surface area contributed by atoms with Gasteiger partial charge in [0, 0.05) is 11.9 Å². The zero-order valence-electron chi connectivity index (χ0n) is 12.4. The Hall–Kier alpha value is -2.34. The van der Waals surface area contributed by atoms with E-state index in [1.807, 2.05) is 0 Å². The lowest BCUT2D eigenvalue weighted by atomic mass is 9.82. The molecule has 122 valence electrons. The molecule has 0 aromatic heterocycles. The van der Waals surface area contributed by atoms with Crippen LogP contribution >= 0.6 is 11.6 Å². The lowest BCUT2D eigenvalue weighted by Crippen LogP contribution is -2.41. The van der Waals surface area contributed by atoms with Crippen molar-refractivity contribution in [3.8, 4) is 0 Å². The van der Waals surface area contributed by atoms with E-state index in [-0.39, 0.29) is 22.7 Å². The van der Waals surface area contributed by atoms with E-state index in [4.69, 9.17) is 11.6 Å². The number of carbonyl (C=O) groups excluding carboxylic acids is 3. The van der Waals surface area contributed by atoms with Gasteiger partial charge in [0.05, 0.1) is 29.3 Å². The molecule has 1 aliphatic rings. The standard InChI is InChI=1S/C16H16ClNO5/c1-23-16(22)9-6-7-12(17)13(8-9)18-14(19)10-4-2-3-5-11(10)15(20)21/h2-3,6-8,10-11H,4-5H2,1H3,(H,18,19)(H,20,21)/p-1/t10-,11-/m1/s1. The summed E-state index contributed by atoms with van der Waals surface area (Å²) < 4.78 is 4.61. The van der Waals surface area contributed by atoms with Crippen molar-refractivity contribution >= 4 is 35.1 Å². The topological polar surface area (TPSA) is 95.5 Å². The minimum absolute atomic E-state index is 0.228. The summed E-state index contributed by atoms with van der Waals surface area (Å²) in [4.78, 5) is 35.1. The number of ether oxygens (including phenoxy) is 1. The smallest absolute Gasteiger partial charge is 0.337 e. The second-order valence-electron chi connectivity index (χ2n) is 5.15. The molecule has 0 heterocycles. The molecule has 0 unspecified atom stereocenters. The third-order valence-electron chi connectivity index (χ3n) is 3.72. The van der Waals surface area contributed by atoms with Crippen molar-refractivity contribution in [2.45, 2.75) is 12.8 Å². The van der Waals surface area contributed by atoms with E-state index in [1.165, 1.54) is 25.3 Å². The molecule has 0 bridgehead atoms. The lowest BCUT2D eigenvalue weighted by Gasteiger charge is -2.28. The van der Waals surface area contributed by atoms with E-state index >= 15 is 0 Å². The highest BCUT2D eigenvalue weighted by Gasteiger charge is 2.30. The molecule has 1 aliphatic carbocycles. The van der Waals surface area contributed by atoms with Gasteiger partial charge in [0.2, 0.25) is 5.91 Å². The summed E-state index contributed by atoms with van der Waals surface area (Å²) in [6, 6.07) is 4.32. The van der Waals surface area contributed by atoms with Gasteiger partial charge < -0.3 is 20.0 Å². The molecule has 23 heavy (non-hydrogen) atoms. The fourth-order valence-corrected chi connectivity index (χ4v) is 2.62. The molecule has 0 radical (unpaired) electrons. The van der Waals surface area contributed by atoms with Gasteiger partial charge in [0.25, 0.3) is 0 Å². The molecule has 1 aromatic rings. The number of allylic oxidation sites excluding steroid dienone is 2. The van der Waals surface area contributed by atoms with Crippen molar-refractivity contribution in [3.05, 3.63) is 40.9 Å². The molecule has 2 atom stereocenters. The van der Waals surface area contributed by atoms with Crippen LogP contribution < -0.4 is 10.4 Å². The van der Waals surface area contributed by atoms with Crippen LogP contribution in [-0.4, -0.2) is 25.0 Å². The van der Waals surface area contributed by atoms with Crippen LogP contribution in [0.3, 0.4) is 0 Å². The molecular formula is C16H15ClNO5-. The molecule has 0 saturated carbocycles. The molecule has 7 heteroatoms. The monoisotopic (exact) mass is 336 g/mol. The Morgan fingerprint density at radius 1 is 1.22 bits per heavy atom. The predicted octanol–water partition coefficient (Wildman–Crippen LogP) is 1.40. The van der Waals surface area contributed by atoms with E-state index in [0.717, 1.165) is 0 Å². The van der Waals surface area contributed by atoms with Gasteiger partial charge in [0.15, 0.2) is 0 Å². The van der Waals surface area contributed by atoms with Crippen LogP contribution in [0.25, 0.3) is 0 Å². The molecule has 0 saturated heterocycles. The van der Waals surface area contributed by atoms with E-state index < -0.39 is 29.7 Å². The van der Waals surface area contributed by atoms with Crippen LogP contribution in [0.15, 0.2) is 30.4 Å². The van der Waals surface area contributed by atoms with Crippen LogP contribution in [0, 0.1) is 11.8 Å².